The molecule has 0 saturated heterocycles. The van der Waals surface area contributed by atoms with Crippen molar-refractivity contribution in [1.29, 1.82) is 0 Å². The van der Waals surface area contributed by atoms with Crippen molar-refractivity contribution >= 4 is 44.8 Å². The van der Waals surface area contributed by atoms with Gasteiger partial charge in [-0.15, -0.1) is 0 Å². The fraction of sp³-hybridized carbons (Fsp3) is 0.192. The highest BCUT2D eigenvalue weighted by molar-refractivity contribution is 7.92. The highest BCUT2D eigenvalue weighted by atomic mass is 35.5. The summed E-state index contributed by atoms with van der Waals surface area (Å²) in [6, 6.07) is 15.8. The van der Waals surface area contributed by atoms with E-state index in [2.05, 4.69) is 9.57 Å². The van der Waals surface area contributed by atoms with Crippen LogP contribution in [0.1, 0.15) is 52.6 Å². The smallest absolute Gasteiger partial charge is 0.264 e. The molecule has 0 saturated carbocycles. The number of rotatable bonds is 5. The molecule has 1 heterocycles. The zero-order chi connectivity index (χ0) is 25.5. The Kier molecular flexibility index (Phi) is 6.18. The first-order chi connectivity index (χ1) is 16.4. The lowest BCUT2D eigenvalue weighted by Crippen LogP contribution is -2.29. The van der Waals surface area contributed by atoms with Gasteiger partial charge in [0, 0.05) is 0 Å². The maximum absolute atomic E-state index is 13.3. The van der Waals surface area contributed by atoms with Gasteiger partial charge < -0.3 is 0 Å². The molecular formula is C26H22ClN3O4S. The molecule has 0 unspecified atom stereocenters. The first-order valence-corrected chi connectivity index (χ1v) is 12.6. The molecule has 3 aromatic rings. The molecule has 1 N–H and O–H groups in total. The summed E-state index contributed by atoms with van der Waals surface area (Å²) in [6.07, 6.45) is 0. The Hall–Kier alpha value is -3.67. The van der Waals surface area contributed by atoms with E-state index < -0.39 is 21.8 Å². The molecular weight excluding hydrogens is 486 g/mol. The molecule has 0 aromatic heterocycles. The van der Waals surface area contributed by atoms with E-state index in [4.69, 9.17) is 18.2 Å². The summed E-state index contributed by atoms with van der Waals surface area (Å²) in [5, 5.41) is 0.0493. The maximum Gasteiger partial charge on any atom is 0.264 e. The van der Waals surface area contributed by atoms with Gasteiger partial charge >= 0.3 is 0 Å². The Bertz CT molecular complexity index is 1500. The van der Waals surface area contributed by atoms with Gasteiger partial charge in [0.1, 0.15) is 0 Å². The van der Waals surface area contributed by atoms with E-state index >= 15 is 0 Å². The van der Waals surface area contributed by atoms with Crippen LogP contribution in [0.4, 0.5) is 11.4 Å². The summed E-state index contributed by atoms with van der Waals surface area (Å²) in [4.78, 5) is 30.7. The lowest BCUT2D eigenvalue weighted by atomic mass is 9.87. The number of halogens is 1. The molecule has 7 nitrogen and oxygen atoms in total. The van der Waals surface area contributed by atoms with Gasteiger partial charge in [-0.3, -0.25) is 19.2 Å². The van der Waals surface area contributed by atoms with Gasteiger partial charge in [-0.05, 0) is 40.8 Å². The summed E-state index contributed by atoms with van der Waals surface area (Å²) in [5.74, 6) is -1.29. The fourth-order valence-corrected chi connectivity index (χ4v) is 5.15. The number of sulfonamides is 1. The molecule has 178 valence electrons. The molecule has 0 fully saturated rings. The molecule has 0 aliphatic carbocycles. The van der Waals surface area contributed by atoms with Gasteiger partial charge in [0.2, 0.25) is 0 Å². The van der Waals surface area contributed by atoms with Crippen molar-refractivity contribution in [2.45, 2.75) is 37.6 Å². The largest absolute Gasteiger partial charge is 0.279 e. The normalized spacial score (nSPS) is 13.5. The fourth-order valence-electron chi connectivity index (χ4n) is 3.84. The van der Waals surface area contributed by atoms with E-state index in [0.29, 0.717) is 11.3 Å². The Morgan fingerprint density at radius 2 is 1.63 bits per heavy atom. The minimum absolute atomic E-state index is 0.0267. The van der Waals surface area contributed by atoms with Gasteiger partial charge in [-0.2, -0.15) is 0 Å². The SMILES string of the molecule is [C-]#[N+]c1cccc(CN2C(=O)c3c(Cl)ccc(NS(=O)(=O)c4ccc(C(C)(C)C)cc4)c3C2=O)c1. The number of hydrogen-bond acceptors (Lipinski definition) is 4. The van der Waals surface area contributed by atoms with E-state index in [1.807, 2.05) is 20.8 Å². The molecule has 0 bridgehead atoms. The molecule has 35 heavy (non-hydrogen) atoms. The van der Waals surface area contributed by atoms with Crippen LogP contribution >= 0.6 is 11.6 Å². The van der Waals surface area contributed by atoms with Crippen LogP contribution in [0, 0.1) is 6.57 Å². The molecule has 4 rings (SSSR count). The number of nitrogens with zero attached hydrogens (tertiary/aromatic N) is 2. The average Bonchev–Trinajstić information content (AvgIpc) is 3.06. The zero-order valence-electron chi connectivity index (χ0n) is 19.3. The van der Waals surface area contributed by atoms with Crippen molar-refractivity contribution in [1.82, 2.24) is 4.90 Å². The molecule has 9 heteroatoms. The van der Waals surface area contributed by atoms with Gasteiger partial charge in [-0.1, -0.05) is 68.8 Å². The lowest BCUT2D eigenvalue weighted by Gasteiger charge is -2.19. The van der Waals surface area contributed by atoms with Crippen molar-refractivity contribution in [3.05, 3.63) is 99.4 Å². The van der Waals surface area contributed by atoms with Gasteiger partial charge in [0.25, 0.3) is 21.8 Å². The van der Waals surface area contributed by atoms with E-state index in [-0.39, 0.29) is 38.7 Å². The second-order valence-electron chi connectivity index (χ2n) is 9.20. The van der Waals surface area contributed by atoms with Crippen LogP contribution in [0.5, 0.6) is 0 Å². The minimum atomic E-state index is -4.04. The van der Waals surface area contributed by atoms with Crippen LogP contribution in [-0.2, 0) is 22.0 Å². The van der Waals surface area contributed by atoms with E-state index in [9.17, 15) is 18.0 Å². The van der Waals surface area contributed by atoms with Crippen molar-refractivity contribution in [2.24, 2.45) is 0 Å². The maximum atomic E-state index is 13.3. The minimum Gasteiger partial charge on any atom is -0.279 e. The highest BCUT2D eigenvalue weighted by Gasteiger charge is 2.40. The summed E-state index contributed by atoms with van der Waals surface area (Å²) < 4.78 is 28.6. The molecule has 2 amide bonds. The van der Waals surface area contributed by atoms with Crippen LogP contribution in [0.25, 0.3) is 4.85 Å². The van der Waals surface area contributed by atoms with Crippen LogP contribution in [-0.4, -0.2) is 25.1 Å². The van der Waals surface area contributed by atoms with Crippen LogP contribution in [0.3, 0.4) is 0 Å². The average molecular weight is 508 g/mol. The monoisotopic (exact) mass is 507 g/mol. The van der Waals surface area contributed by atoms with Gasteiger partial charge in [0.05, 0.1) is 39.8 Å². The number of carbonyl (C=O) groups is 2. The number of imide groups is 1. The zero-order valence-corrected chi connectivity index (χ0v) is 20.9. The Morgan fingerprint density at radius 1 is 0.971 bits per heavy atom. The predicted octanol–water partition coefficient (Wildman–Crippen LogP) is 5.79. The Morgan fingerprint density at radius 3 is 2.26 bits per heavy atom. The highest BCUT2D eigenvalue weighted by Crippen LogP contribution is 2.36. The Balaban J connectivity index is 1.68. The number of carbonyl (C=O) groups excluding carboxylic acids is 2. The number of fused-ring (bicyclic) bond motifs is 1. The van der Waals surface area contributed by atoms with Crippen LogP contribution < -0.4 is 4.72 Å². The molecule has 1 aliphatic heterocycles. The van der Waals surface area contributed by atoms with Crippen molar-refractivity contribution in [2.75, 3.05) is 4.72 Å². The first kappa shape index (κ1) is 24.5. The third-order valence-corrected chi connectivity index (χ3v) is 7.42. The topological polar surface area (TPSA) is 87.9 Å². The van der Waals surface area contributed by atoms with E-state index in [1.54, 1.807) is 36.4 Å². The van der Waals surface area contributed by atoms with Crippen molar-refractivity contribution < 1.29 is 18.0 Å². The second-order valence-corrected chi connectivity index (χ2v) is 11.3. The van der Waals surface area contributed by atoms with E-state index in [1.165, 1.54) is 24.3 Å². The summed E-state index contributed by atoms with van der Waals surface area (Å²) in [7, 11) is -4.04. The Labute approximate surface area is 209 Å². The van der Waals surface area contributed by atoms with Gasteiger partial charge in [0.15, 0.2) is 5.69 Å². The number of benzene rings is 3. The second kappa shape index (κ2) is 8.84. The third-order valence-electron chi connectivity index (χ3n) is 5.73. The number of hydrogen-bond donors (Lipinski definition) is 1. The standard InChI is InChI=1S/C26H22ClN3O4S/c1-26(2,3)17-8-10-19(11-9-17)35(33,34)29-21-13-12-20(27)22-23(21)25(32)30(24(22)31)15-16-6-5-7-18(14-16)28-4/h5-14,29H,15H2,1-3H3. The molecule has 3 aromatic carbocycles. The van der Waals surface area contributed by atoms with Crippen molar-refractivity contribution in [3.8, 4) is 0 Å². The summed E-state index contributed by atoms with van der Waals surface area (Å²) in [6.45, 7) is 13.2. The summed E-state index contributed by atoms with van der Waals surface area (Å²) in [5.41, 5.74) is 1.62. The number of anilines is 1. The summed E-state index contributed by atoms with van der Waals surface area (Å²) >= 11 is 6.25. The molecule has 0 radical (unpaired) electrons. The number of amides is 2. The molecule has 0 spiro atoms. The first-order valence-electron chi connectivity index (χ1n) is 10.7. The number of nitrogens with one attached hydrogen (secondary N) is 1. The van der Waals surface area contributed by atoms with E-state index in [0.717, 1.165) is 10.5 Å². The molecule has 0 atom stereocenters. The van der Waals surface area contributed by atoms with Crippen LogP contribution in [0.2, 0.25) is 5.02 Å². The van der Waals surface area contributed by atoms with Crippen LogP contribution in [0.15, 0.2) is 65.6 Å². The quantitative estimate of drug-likeness (QED) is 0.350. The molecule has 1 aliphatic rings. The van der Waals surface area contributed by atoms with Crippen molar-refractivity contribution in [3.63, 3.8) is 0 Å². The van der Waals surface area contributed by atoms with Gasteiger partial charge in [-0.25, -0.2) is 13.3 Å². The third kappa shape index (κ3) is 4.65. The lowest BCUT2D eigenvalue weighted by molar-refractivity contribution is 0.0642. The predicted molar refractivity (Wildman–Crippen MR) is 134 cm³/mol.